The van der Waals surface area contributed by atoms with Crippen LogP contribution in [0.3, 0.4) is 0 Å². The summed E-state index contributed by atoms with van der Waals surface area (Å²) in [4.78, 5) is 26.8. The van der Waals surface area contributed by atoms with E-state index in [4.69, 9.17) is 10.1 Å². The fraction of sp³-hybridized carbons (Fsp3) is 0.571. The molecule has 39 heavy (non-hydrogen) atoms. The zero-order valence-electron chi connectivity index (χ0n) is 22.6. The monoisotopic (exact) mass is 551 g/mol. The fourth-order valence-corrected chi connectivity index (χ4v) is 6.61. The molecule has 6 rings (SSSR count). The summed E-state index contributed by atoms with van der Waals surface area (Å²) in [5.41, 5.74) is 4.03. The third kappa shape index (κ3) is 5.20. The SMILES string of the molecule is CCS(=O)(=O)NC(=O)c1cc(N2CCN(c3ccncc3)CC2)c2c(C3CCC3)nn(C3CCCCC3)c2n1. The van der Waals surface area contributed by atoms with Crippen molar-refractivity contribution < 1.29 is 13.2 Å². The van der Waals surface area contributed by atoms with Crippen molar-refractivity contribution in [3.63, 3.8) is 0 Å². The highest BCUT2D eigenvalue weighted by Gasteiger charge is 2.33. The summed E-state index contributed by atoms with van der Waals surface area (Å²) in [6.07, 6.45) is 12.7. The summed E-state index contributed by atoms with van der Waals surface area (Å²) in [6, 6.07) is 6.09. The van der Waals surface area contributed by atoms with E-state index in [0.29, 0.717) is 5.92 Å². The minimum atomic E-state index is -3.72. The predicted octanol–water partition coefficient (Wildman–Crippen LogP) is 4.01. The quantitative estimate of drug-likeness (QED) is 0.469. The molecule has 1 N–H and O–H groups in total. The molecule has 4 heterocycles. The standard InChI is InChI=1S/C28H37N7O3S/c1-2-39(37,38)32-28(36)23-19-24(34-17-15-33(16-18-34)21-11-13-29-14-12-21)25-26(20-7-6-8-20)31-35(27(25)30-23)22-9-4-3-5-10-22/h11-14,19-20,22H,2-10,15-18H2,1H3,(H,32,36). The number of fused-ring (bicyclic) bond motifs is 1. The highest BCUT2D eigenvalue weighted by molar-refractivity contribution is 7.90. The molecule has 10 nitrogen and oxygen atoms in total. The van der Waals surface area contributed by atoms with Gasteiger partial charge in [-0.1, -0.05) is 25.7 Å². The average molecular weight is 552 g/mol. The van der Waals surface area contributed by atoms with Gasteiger partial charge in [0.2, 0.25) is 10.0 Å². The molecule has 0 aromatic carbocycles. The number of rotatable bonds is 7. The molecular weight excluding hydrogens is 514 g/mol. The molecule has 0 unspecified atom stereocenters. The lowest BCUT2D eigenvalue weighted by atomic mass is 9.82. The normalized spacial score (nSPS) is 19.3. The van der Waals surface area contributed by atoms with E-state index < -0.39 is 15.9 Å². The minimum Gasteiger partial charge on any atom is -0.368 e. The van der Waals surface area contributed by atoms with Gasteiger partial charge in [0.25, 0.3) is 5.91 Å². The molecule has 1 saturated heterocycles. The largest absolute Gasteiger partial charge is 0.368 e. The van der Waals surface area contributed by atoms with Crippen LogP contribution in [0, 0.1) is 0 Å². The lowest BCUT2D eigenvalue weighted by Crippen LogP contribution is -2.46. The van der Waals surface area contributed by atoms with Gasteiger partial charge >= 0.3 is 0 Å². The van der Waals surface area contributed by atoms with E-state index in [9.17, 15) is 13.2 Å². The number of hydrogen-bond acceptors (Lipinski definition) is 8. The number of carbonyl (C=O) groups is 1. The van der Waals surface area contributed by atoms with Crippen molar-refractivity contribution in [2.45, 2.75) is 70.3 Å². The Morgan fingerprint density at radius 3 is 2.31 bits per heavy atom. The molecule has 208 valence electrons. The summed E-state index contributed by atoms with van der Waals surface area (Å²) in [5, 5.41) is 6.24. The summed E-state index contributed by atoms with van der Waals surface area (Å²) < 4.78 is 28.8. The van der Waals surface area contributed by atoms with Crippen molar-refractivity contribution in [3.8, 4) is 0 Å². The summed E-state index contributed by atoms with van der Waals surface area (Å²) >= 11 is 0. The number of nitrogens with zero attached hydrogens (tertiary/aromatic N) is 6. The third-order valence-electron chi connectivity index (χ3n) is 8.59. The van der Waals surface area contributed by atoms with Crippen LogP contribution < -0.4 is 14.5 Å². The highest BCUT2D eigenvalue weighted by Crippen LogP contribution is 2.44. The van der Waals surface area contributed by atoms with Crippen LogP contribution in [-0.4, -0.2) is 66.0 Å². The fourth-order valence-electron chi connectivity index (χ4n) is 6.08. The number of aromatic nitrogens is 4. The van der Waals surface area contributed by atoms with Crippen molar-refractivity contribution in [3.05, 3.63) is 42.0 Å². The Bertz CT molecular complexity index is 1440. The Morgan fingerprint density at radius 2 is 1.67 bits per heavy atom. The van der Waals surface area contributed by atoms with Crippen molar-refractivity contribution in [2.24, 2.45) is 0 Å². The van der Waals surface area contributed by atoms with Crippen molar-refractivity contribution in [1.82, 2.24) is 24.5 Å². The van der Waals surface area contributed by atoms with Crippen LogP contribution >= 0.6 is 0 Å². The number of pyridine rings is 2. The van der Waals surface area contributed by atoms with Gasteiger partial charge in [-0.15, -0.1) is 0 Å². The number of nitrogens with one attached hydrogen (secondary N) is 1. The molecule has 0 bridgehead atoms. The summed E-state index contributed by atoms with van der Waals surface area (Å²) in [6.45, 7) is 4.72. The van der Waals surface area contributed by atoms with Crippen LogP contribution in [0.1, 0.15) is 86.4 Å². The first-order chi connectivity index (χ1) is 18.9. The zero-order valence-corrected chi connectivity index (χ0v) is 23.4. The molecule has 3 fully saturated rings. The molecule has 3 aliphatic rings. The van der Waals surface area contributed by atoms with E-state index in [-0.39, 0.29) is 17.5 Å². The molecule has 0 spiro atoms. The maximum Gasteiger partial charge on any atom is 0.283 e. The Balaban J connectivity index is 1.43. The van der Waals surface area contributed by atoms with Crippen molar-refractivity contribution in [2.75, 3.05) is 41.7 Å². The highest BCUT2D eigenvalue weighted by atomic mass is 32.2. The van der Waals surface area contributed by atoms with E-state index in [0.717, 1.165) is 92.8 Å². The van der Waals surface area contributed by atoms with Crippen LogP contribution in [0.25, 0.3) is 11.0 Å². The molecule has 1 aliphatic heterocycles. The Morgan fingerprint density at radius 1 is 0.974 bits per heavy atom. The molecular formula is C28H37N7O3S. The first-order valence-corrected chi connectivity index (χ1v) is 16.0. The number of amides is 1. The van der Waals surface area contributed by atoms with E-state index in [1.54, 1.807) is 6.07 Å². The number of sulfonamides is 1. The van der Waals surface area contributed by atoms with E-state index in [1.165, 1.54) is 19.8 Å². The first-order valence-electron chi connectivity index (χ1n) is 14.3. The average Bonchev–Trinajstić information content (AvgIpc) is 3.31. The summed E-state index contributed by atoms with van der Waals surface area (Å²) in [5.74, 6) is -0.454. The van der Waals surface area contributed by atoms with Gasteiger partial charge in [0, 0.05) is 50.2 Å². The predicted molar refractivity (Wildman–Crippen MR) is 152 cm³/mol. The smallest absolute Gasteiger partial charge is 0.283 e. The van der Waals surface area contributed by atoms with Gasteiger partial charge in [0.15, 0.2) is 5.65 Å². The van der Waals surface area contributed by atoms with E-state index >= 15 is 0 Å². The number of hydrogen-bond donors (Lipinski definition) is 1. The Labute approximate surface area is 229 Å². The Hall–Kier alpha value is -3.21. The van der Waals surface area contributed by atoms with Gasteiger partial charge in [0.1, 0.15) is 5.69 Å². The molecule has 11 heteroatoms. The van der Waals surface area contributed by atoms with Crippen LogP contribution in [0.15, 0.2) is 30.6 Å². The maximum absolute atomic E-state index is 13.2. The van der Waals surface area contributed by atoms with Crippen LogP contribution in [-0.2, 0) is 10.0 Å². The van der Waals surface area contributed by atoms with Gasteiger partial charge in [-0.2, -0.15) is 5.10 Å². The molecule has 2 aliphatic carbocycles. The van der Waals surface area contributed by atoms with Crippen LogP contribution in [0.4, 0.5) is 11.4 Å². The second kappa shape index (κ2) is 10.7. The minimum absolute atomic E-state index is 0.128. The second-order valence-corrected chi connectivity index (χ2v) is 13.0. The van der Waals surface area contributed by atoms with Gasteiger partial charge in [0.05, 0.1) is 28.6 Å². The topological polar surface area (TPSA) is 113 Å². The molecule has 2 saturated carbocycles. The third-order valence-corrected chi connectivity index (χ3v) is 9.85. The number of carbonyl (C=O) groups excluding carboxylic acids is 1. The Kier molecular flexibility index (Phi) is 7.18. The van der Waals surface area contributed by atoms with E-state index in [2.05, 4.69) is 24.2 Å². The second-order valence-electron chi connectivity index (χ2n) is 11.0. The molecule has 3 aromatic rings. The molecule has 0 radical (unpaired) electrons. The van der Waals surface area contributed by atoms with Crippen molar-refractivity contribution >= 4 is 38.3 Å². The van der Waals surface area contributed by atoms with E-state index in [1.807, 2.05) is 24.5 Å². The number of anilines is 2. The molecule has 3 aromatic heterocycles. The first kappa shape index (κ1) is 26.0. The van der Waals surface area contributed by atoms with Gasteiger partial charge in [-0.3, -0.25) is 9.78 Å². The van der Waals surface area contributed by atoms with Crippen molar-refractivity contribution in [1.29, 1.82) is 0 Å². The lowest BCUT2D eigenvalue weighted by molar-refractivity contribution is 0.0977. The lowest BCUT2D eigenvalue weighted by Gasteiger charge is -2.38. The molecule has 0 atom stereocenters. The number of piperazine rings is 1. The van der Waals surface area contributed by atoms with Gasteiger partial charge in [-0.25, -0.2) is 22.8 Å². The maximum atomic E-state index is 13.2. The molecule has 1 amide bonds. The van der Waals surface area contributed by atoms with Gasteiger partial charge < -0.3 is 9.80 Å². The van der Waals surface area contributed by atoms with Crippen LogP contribution in [0.2, 0.25) is 0 Å². The van der Waals surface area contributed by atoms with Gasteiger partial charge in [-0.05, 0) is 50.8 Å². The van der Waals surface area contributed by atoms with Crippen LogP contribution in [0.5, 0.6) is 0 Å². The zero-order chi connectivity index (χ0) is 27.0. The summed E-state index contributed by atoms with van der Waals surface area (Å²) in [7, 11) is -3.72.